The summed E-state index contributed by atoms with van der Waals surface area (Å²) in [5.41, 5.74) is 0. The Balaban J connectivity index is 1.74. The Morgan fingerprint density at radius 2 is 2.26 bits per heavy atom. The summed E-state index contributed by atoms with van der Waals surface area (Å²) in [5.74, 6) is 0.836. The highest BCUT2D eigenvalue weighted by molar-refractivity contribution is 7.09. The molecular formula is C15H25N2OS+. The summed E-state index contributed by atoms with van der Waals surface area (Å²) >= 11 is 1.76. The van der Waals surface area contributed by atoms with Gasteiger partial charge in [-0.15, -0.1) is 11.3 Å². The molecule has 1 heterocycles. The van der Waals surface area contributed by atoms with E-state index in [1.54, 1.807) is 11.3 Å². The van der Waals surface area contributed by atoms with E-state index in [-0.39, 0.29) is 5.91 Å². The molecule has 106 valence electrons. The molecule has 1 saturated carbocycles. The molecule has 0 bridgehead atoms. The number of rotatable bonds is 5. The zero-order valence-corrected chi connectivity index (χ0v) is 12.8. The zero-order valence-electron chi connectivity index (χ0n) is 11.9. The number of nitrogens with one attached hydrogen (secondary N) is 2. The first-order valence-electron chi connectivity index (χ1n) is 7.28. The zero-order chi connectivity index (χ0) is 13.7. The smallest absolute Gasteiger partial charge is 0.275 e. The van der Waals surface area contributed by atoms with Crippen molar-refractivity contribution in [2.45, 2.75) is 45.2 Å². The van der Waals surface area contributed by atoms with E-state index in [9.17, 15) is 4.79 Å². The lowest BCUT2D eigenvalue weighted by Crippen LogP contribution is -3.08. The van der Waals surface area contributed by atoms with Crippen LogP contribution in [-0.2, 0) is 11.3 Å². The molecule has 1 aromatic heterocycles. The first kappa shape index (κ1) is 14.5. The van der Waals surface area contributed by atoms with Gasteiger partial charge in [-0.2, -0.15) is 0 Å². The summed E-state index contributed by atoms with van der Waals surface area (Å²) in [5, 5.41) is 5.31. The Hall–Kier alpha value is -0.870. The van der Waals surface area contributed by atoms with Crippen molar-refractivity contribution in [2.24, 2.45) is 5.92 Å². The minimum atomic E-state index is 0.202. The Morgan fingerprint density at radius 3 is 2.95 bits per heavy atom. The molecule has 0 saturated heterocycles. The van der Waals surface area contributed by atoms with Gasteiger partial charge >= 0.3 is 0 Å². The van der Waals surface area contributed by atoms with Gasteiger partial charge in [-0.1, -0.05) is 25.8 Å². The van der Waals surface area contributed by atoms with Gasteiger partial charge in [0.05, 0.1) is 11.9 Å². The van der Waals surface area contributed by atoms with Gasteiger partial charge < -0.3 is 10.2 Å². The molecule has 1 aliphatic rings. The number of carbonyl (C=O) groups is 1. The SMILES string of the molecule is C[C@@H]1CCCC[C@H]1NC(=O)C[NH+](C)Cc1cccs1. The fraction of sp³-hybridized carbons (Fsp3) is 0.667. The predicted molar refractivity (Wildman–Crippen MR) is 79.3 cm³/mol. The van der Waals surface area contributed by atoms with Crippen LogP contribution < -0.4 is 10.2 Å². The van der Waals surface area contributed by atoms with Crippen LogP contribution in [0, 0.1) is 5.92 Å². The van der Waals surface area contributed by atoms with Crippen LogP contribution in [-0.4, -0.2) is 25.5 Å². The summed E-state index contributed by atoms with van der Waals surface area (Å²) in [6, 6.07) is 4.60. The molecule has 1 amide bonds. The number of hydrogen-bond donors (Lipinski definition) is 2. The van der Waals surface area contributed by atoms with E-state index < -0.39 is 0 Å². The highest BCUT2D eigenvalue weighted by Crippen LogP contribution is 2.23. The van der Waals surface area contributed by atoms with Gasteiger partial charge in [0.2, 0.25) is 0 Å². The number of thiophene rings is 1. The van der Waals surface area contributed by atoms with Crippen molar-refractivity contribution in [3.05, 3.63) is 22.4 Å². The maximum Gasteiger partial charge on any atom is 0.275 e. The van der Waals surface area contributed by atoms with Crippen LogP contribution in [0.5, 0.6) is 0 Å². The van der Waals surface area contributed by atoms with E-state index in [4.69, 9.17) is 0 Å². The van der Waals surface area contributed by atoms with E-state index in [1.165, 1.54) is 29.0 Å². The van der Waals surface area contributed by atoms with Crippen LogP contribution in [0.3, 0.4) is 0 Å². The molecule has 2 rings (SSSR count). The lowest BCUT2D eigenvalue weighted by molar-refractivity contribution is -0.885. The van der Waals surface area contributed by atoms with Gasteiger partial charge in [0, 0.05) is 6.04 Å². The summed E-state index contributed by atoms with van der Waals surface area (Å²) in [4.78, 5) is 14.7. The van der Waals surface area contributed by atoms with Gasteiger partial charge in [-0.25, -0.2) is 0 Å². The normalized spacial score (nSPS) is 24.9. The van der Waals surface area contributed by atoms with Crippen molar-refractivity contribution in [3.63, 3.8) is 0 Å². The topological polar surface area (TPSA) is 33.5 Å². The minimum Gasteiger partial charge on any atom is -0.348 e. The van der Waals surface area contributed by atoms with E-state index in [0.29, 0.717) is 18.5 Å². The molecule has 3 nitrogen and oxygen atoms in total. The van der Waals surface area contributed by atoms with E-state index in [2.05, 4.69) is 36.8 Å². The van der Waals surface area contributed by atoms with Crippen LogP contribution in [0.4, 0.5) is 0 Å². The highest BCUT2D eigenvalue weighted by Gasteiger charge is 2.23. The van der Waals surface area contributed by atoms with Crippen molar-refractivity contribution < 1.29 is 9.69 Å². The molecule has 0 radical (unpaired) electrons. The van der Waals surface area contributed by atoms with Gasteiger partial charge in [-0.05, 0) is 30.2 Å². The molecule has 0 aliphatic heterocycles. The number of hydrogen-bond acceptors (Lipinski definition) is 2. The van der Waals surface area contributed by atoms with Crippen LogP contribution in [0.25, 0.3) is 0 Å². The lowest BCUT2D eigenvalue weighted by atomic mass is 9.86. The fourth-order valence-electron chi connectivity index (χ4n) is 2.84. The van der Waals surface area contributed by atoms with Crippen molar-refractivity contribution in [1.29, 1.82) is 0 Å². The maximum absolute atomic E-state index is 12.1. The molecule has 4 heteroatoms. The first-order valence-corrected chi connectivity index (χ1v) is 8.16. The molecule has 1 aromatic rings. The molecule has 1 unspecified atom stereocenters. The summed E-state index contributed by atoms with van der Waals surface area (Å²) in [6.07, 6.45) is 4.98. The van der Waals surface area contributed by atoms with E-state index in [0.717, 1.165) is 13.0 Å². The van der Waals surface area contributed by atoms with Crippen LogP contribution in [0.2, 0.25) is 0 Å². The molecule has 0 aromatic carbocycles. The monoisotopic (exact) mass is 281 g/mol. The molecule has 2 N–H and O–H groups in total. The third kappa shape index (κ3) is 4.62. The third-order valence-corrected chi connectivity index (χ3v) is 4.85. The van der Waals surface area contributed by atoms with Gasteiger partial charge in [0.15, 0.2) is 6.54 Å². The van der Waals surface area contributed by atoms with Crippen molar-refractivity contribution >= 4 is 17.2 Å². The lowest BCUT2D eigenvalue weighted by Gasteiger charge is -2.29. The van der Waals surface area contributed by atoms with Crippen molar-refractivity contribution in [2.75, 3.05) is 13.6 Å². The molecule has 3 atom stereocenters. The van der Waals surface area contributed by atoms with Crippen LogP contribution in [0.1, 0.15) is 37.5 Å². The number of quaternary nitrogens is 1. The summed E-state index contributed by atoms with van der Waals surface area (Å²) in [6.45, 7) is 3.76. The Morgan fingerprint density at radius 1 is 1.47 bits per heavy atom. The van der Waals surface area contributed by atoms with E-state index >= 15 is 0 Å². The summed E-state index contributed by atoms with van der Waals surface area (Å²) in [7, 11) is 2.09. The largest absolute Gasteiger partial charge is 0.348 e. The Bertz CT molecular complexity index is 391. The standard InChI is InChI=1S/C15H24N2OS/c1-12-6-3-4-8-14(12)16-15(18)11-17(2)10-13-7-5-9-19-13/h5,7,9,12,14H,3-4,6,8,10-11H2,1-2H3,(H,16,18)/p+1/t12-,14-/m1/s1. The number of carbonyl (C=O) groups excluding carboxylic acids is 1. The van der Waals surface area contributed by atoms with Gasteiger partial charge in [0.1, 0.15) is 6.54 Å². The fourth-order valence-corrected chi connectivity index (χ4v) is 3.65. The quantitative estimate of drug-likeness (QED) is 0.842. The van der Waals surface area contributed by atoms with Crippen molar-refractivity contribution in [3.8, 4) is 0 Å². The van der Waals surface area contributed by atoms with E-state index in [1.807, 2.05) is 0 Å². The Kier molecular flexibility index (Phi) is 5.40. The second-order valence-electron chi connectivity index (χ2n) is 5.83. The van der Waals surface area contributed by atoms with Crippen LogP contribution in [0.15, 0.2) is 17.5 Å². The second-order valence-corrected chi connectivity index (χ2v) is 6.86. The molecule has 0 spiro atoms. The van der Waals surface area contributed by atoms with Crippen molar-refractivity contribution in [1.82, 2.24) is 5.32 Å². The second kappa shape index (κ2) is 7.06. The average molecular weight is 281 g/mol. The van der Waals surface area contributed by atoms with Crippen LogP contribution >= 0.6 is 11.3 Å². The third-order valence-electron chi connectivity index (χ3n) is 3.98. The maximum atomic E-state index is 12.1. The summed E-state index contributed by atoms with van der Waals surface area (Å²) < 4.78 is 0. The molecular weight excluding hydrogens is 256 g/mol. The predicted octanol–water partition coefficient (Wildman–Crippen LogP) is 1.46. The average Bonchev–Trinajstić information content (AvgIpc) is 2.84. The number of amides is 1. The van der Waals surface area contributed by atoms with Gasteiger partial charge in [-0.3, -0.25) is 4.79 Å². The Labute approximate surface area is 120 Å². The molecule has 19 heavy (non-hydrogen) atoms. The first-order chi connectivity index (χ1) is 9.15. The molecule has 1 fully saturated rings. The number of likely N-dealkylation sites (N-methyl/N-ethyl adjacent to an activating group) is 1. The molecule has 1 aliphatic carbocycles. The highest BCUT2D eigenvalue weighted by atomic mass is 32.1. The van der Waals surface area contributed by atoms with Gasteiger partial charge in [0.25, 0.3) is 5.91 Å². The minimum absolute atomic E-state index is 0.202.